The number of anilines is 6. The van der Waals surface area contributed by atoms with Crippen molar-refractivity contribution in [2.45, 2.75) is 40.5 Å². The molecule has 0 N–H and O–H groups in total. The highest BCUT2D eigenvalue weighted by atomic mass is 15.2. The number of fused-ring (bicyclic) bond motifs is 1. The Morgan fingerprint density at radius 3 is 1.07 bits per heavy atom. The zero-order valence-electron chi connectivity index (χ0n) is 33.9. The van der Waals surface area contributed by atoms with Gasteiger partial charge in [0.05, 0.1) is 11.4 Å². The summed E-state index contributed by atoms with van der Waals surface area (Å²) >= 11 is 0. The van der Waals surface area contributed by atoms with Crippen molar-refractivity contribution in [3.8, 4) is 0 Å². The van der Waals surface area contributed by atoms with Crippen LogP contribution in [-0.4, -0.2) is 0 Å². The highest BCUT2D eigenvalue weighted by Gasteiger charge is 2.19. The SMILES string of the molecule is CCc1cccc(C)c1N(c1ccccc1)c1ccc(/C=C/c2ccc3cc(/C=C/c4ccc(N(c5ccccc5)c5c(C)cccc5CC)cc4)ccc3c2)cc1. The van der Waals surface area contributed by atoms with Crippen LogP contribution >= 0.6 is 0 Å². The van der Waals surface area contributed by atoms with E-state index in [4.69, 9.17) is 0 Å². The summed E-state index contributed by atoms with van der Waals surface area (Å²) in [5, 5.41) is 2.46. The van der Waals surface area contributed by atoms with Crippen molar-refractivity contribution in [3.05, 3.63) is 226 Å². The first-order chi connectivity index (χ1) is 28.5. The summed E-state index contributed by atoms with van der Waals surface area (Å²) in [7, 11) is 0. The molecule has 0 radical (unpaired) electrons. The van der Waals surface area contributed by atoms with Gasteiger partial charge in [0.25, 0.3) is 0 Å². The number of hydrogen-bond donors (Lipinski definition) is 0. The van der Waals surface area contributed by atoms with Gasteiger partial charge in [-0.05, 0) is 143 Å². The molecule has 8 aromatic carbocycles. The first-order valence-electron chi connectivity index (χ1n) is 20.5. The van der Waals surface area contributed by atoms with Crippen LogP contribution in [0.15, 0.2) is 182 Å². The highest BCUT2D eigenvalue weighted by Crippen LogP contribution is 2.40. The summed E-state index contributed by atoms with van der Waals surface area (Å²) in [5.41, 5.74) is 17.1. The molecule has 0 heterocycles. The molecule has 0 atom stereocenters. The van der Waals surface area contributed by atoms with Crippen LogP contribution in [-0.2, 0) is 12.8 Å². The van der Waals surface area contributed by atoms with Crippen molar-refractivity contribution >= 4 is 69.2 Å². The van der Waals surface area contributed by atoms with Crippen molar-refractivity contribution in [1.82, 2.24) is 0 Å². The Hall–Kier alpha value is -6.90. The Labute approximate surface area is 344 Å². The minimum Gasteiger partial charge on any atom is -0.310 e. The van der Waals surface area contributed by atoms with E-state index in [9.17, 15) is 0 Å². The van der Waals surface area contributed by atoms with Gasteiger partial charge in [-0.2, -0.15) is 0 Å². The van der Waals surface area contributed by atoms with Crippen molar-refractivity contribution in [3.63, 3.8) is 0 Å². The summed E-state index contributed by atoms with van der Waals surface area (Å²) in [5.74, 6) is 0. The molecule has 0 aliphatic rings. The molecule has 0 aromatic heterocycles. The summed E-state index contributed by atoms with van der Waals surface area (Å²) < 4.78 is 0. The molecule has 0 bridgehead atoms. The van der Waals surface area contributed by atoms with Gasteiger partial charge in [-0.25, -0.2) is 0 Å². The van der Waals surface area contributed by atoms with Crippen molar-refractivity contribution in [1.29, 1.82) is 0 Å². The Kier molecular flexibility index (Phi) is 11.5. The number of hydrogen-bond acceptors (Lipinski definition) is 2. The fraction of sp³-hybridized carbons (Fsp3) is 0.107. The van der Waals surface area contributed by atoms with Gasteiger partial charge < -0.3 is 9.80 Å². The van der Waals surface area contributed by atoms with E-state index in [1.807, 2.05) is 0 Å². The fourth-order valence-corrected chi connectivity index (χ4v) is 7.96. The first kappa shape index (κ1) is 38.0. The molecule has 8 rings (SSSR count). The zero-order chi connectivity index (χ0) is 39.8. The van der Waals surface area contributed by atoms with Crippen LogP contribution in [0.25, 0.3) is 35.1 Å². The molecule has 0 saturated heterocycles. The summed E-state index contributed by atoms with van der Waals surface area (Å²) in [6.07, 6.45) is 10.8. The number of para-hydroxylation sites is 4. The smallest absolute Gasteiger partial charge is 0.0522 e. The van der Waals surface area contributed by atoms with E-state index in [0.29, 0.717) is 0 Å². The van der Waals surface area contributed by atoms with E-state index in [1.165, 1.54) is 66.7 Å². The average Bonchev–Trinajstić information content (AvgIpc) is 3.27. The predicted octanol–water partition coefficient (Wildman–Crippen LogP) is 15.9. The van der Waals surface area contributed by atoms with Gasteiger partial charge in [-0.15, -0.1) is 0 Å². The van der Waals surface area contributed by atoms with Crippen LogP contribution in [0.5, 0.6) is 0 Å². The van der Waals surface area contributed by atoms with E-state index in [-0.39, 0.29) is 0 Å². The molecular formula is C56H50N2. The molecule has 0 unspecified atom stereocenters. The Balaban J connectivity index is 0.978. The van der Waals surface area contributed by atoms with E-state index >= 15 is 0 Å². The monoisotopic (exact) mass is 750 g/mol. The molecule has 0 fully saturated rings. The standard InChI is InChI=1S/C56H50N2/c1-5-47-17-13-15-41(3)55(47)57(51-19-9-7-10-20-51)53-35-29-43(30-36-53)23-25-45-27-33-50-40-46(28-34-49(50)39-45)26-24-44-31-37-54(38-32-44)58(52-21-11-8-12-22-52)56-42(4)16-14-18-48(56)6-2/h7-40H,5-6H2,1-4H3/b25-23+,26-24+. The molecule has 0 spiro atoms. The minimum atomic E-state index is 0.976. The van der Waals surface area contributed by atoms with Crippen molar-refractivity contribution in [2.24, 2.45) is 0 Å². The van der Waals surface area contributed by atoms with Crippen LogP contribution in [0.4, 0.5) is 34.1 Å². The summed E-state index contributed by atoms with van der Waals surface area (Å²) in [6, 6.07) is 65.7. The van der Waals surface area contributed by atoms with Gasteiger partial charge in [0.1, 0.15) is 0 Å². The normalized spacial score (nSPS) is 11.4. The molecular weight excluding hydrogens is 701 g/mol. The zero-order valence-corrected chi connectivity index (χ0v) is 33.9. The van der Waals surface area contributed by atoms with Crippen LogP contribution in [0.2, 0.25) is 0 Å². The van der Waals surface area contributed by atoms with E-state index in [0.717, 1.165) is 35.6 Å². The molecule has 0 amide bonds. The fourth-order valence-electron chi connectivity index (χ4n) is 7.96. The van der Waals surface area contributed by atoms with Gasteiger partial charge in [-0.1, -0.05) is 159 Å². The third-order valence-corrected chi connectivity index (χ3v) is 11.0. The molecule has 2 heteroatoms. The molecule has 0 saturated carbocycles. The molecule has 58 heavy (non-hydrogen) atoms. The minimum absolute atomic E-state index is 0.976. The van der Waals surface area contributed by atoms with Gasteiger partial charge in [0.15, 0.2) is 0 Å². The van der Waals surface area contributed by atoms with Crippen LogP contribution < -0.4 is 9.80 Å². The second-order valence-corrected chi connectivity index (χ2v) is 14.9. The number of benzene rings is 8. The Bertz CT molecular complexity index is 2500. The first-order valence-corrected chi connectivity index (χ1v) is 20.5. The second-order valence-electron chi connectivity index (χ2n) is 14.9. The van der Waals surface area contributed by atoms with Gasteiger partial charge >= 0.3 is 0 Å². The van der Waals surface area contributed by atoms with E-state index < -0.39 is 0 Å². The predicted molar refractivity (Wildman–Crippen MR) is 252 cm³/mol. The number of aryl methyl sites for hydroxylation is 4. The van der Waals surface area contributed by atoms with Gasteiger partial charge in [-0.3, -0.25) is 0 Å². The topological polar surface area (TPSA) is 6.48 Å². The van der Waals surface area contributed by atoms with Crippen molar-refractivity contribution < 1.29 is 0 Å². The summed E-state index contributed by atoms with van der Waals surface area (Å²) in [4.78, 5) is 4.78. The quantitative estimate of drug-likeness (QED) is 0.115. The van der Waals surface area contributed by atoms with Crippen molar-refractivity contribution in [2.75, 3.05) is 9.80 Å². The third-order valence-electron chi connectivity index (χ3n) is 11.0. The maximum absolute atomic E-state index is 2.39. The molecule has 0 aliphatic carbocycles. The Morgan fingerprint density at radius 1 is 0.345 bits per heavy atom. The van der Waals surface area contributed by atoms with Crippen LogP contribution in [0, 0.1) is 13.8 Å². The lowest BCUT2D eigenvalue weighted by atomic mass is 10.0. The maximum Gasteiger partial charge on any atom is 0.0522 e. The van der Waals surface area contributed by atoms with Crippen LogP contribution in [0.1, 0.15) is 58.4 Å². The molecule has 2 nitrogen and oxygen atoms in total. The lowest BCUT2D eigenvalue weighted by Crippen LogP contribution is -2.13. The third kappa shape index (κ3) is 8.28. The summed E-state index contributed by atoms with van der Waals surface area (Å²) in [6.45, 7) is 8.87. The lowest BCUT2D eigenvalue weighted by Gasteiger charge is -2.29. The highest BCUT2D eigenvalue weighted by molar-refractivity contribution is 5.89. The molecule has 0 aliphatic heterocycles. The van der Waals surface area contributed by atoms with E-state index in [1.54, 1.807) is 0 Å². The van der Waals surface area contributed by atoms with Gasteiger partial charge in [0.2, 0.25) is 0 Å². The average molecular weight is 751 g/mol. The van der Waals surface area contributed by atoms with Gasteiger partial charge in [0, 0.05) is 22.7 Å². The molecule has 284 valence electrons. The maximum atomic E-state index is 2.39. The van der Waals surface area contributed by atoms with E-state index in [2.05, 4.69) is 244 Å². The number of rotatable bonds is 12. The second kappa shape index (κ2) is 17.5. The largest absolute Gasteiger partial charge is 0.310 e. The van der Waals surface area contributed by atoms with Crippen LogP contribution in [0.3, 0.4) is 0 Å². The molecule has 8 aromatic rings. The Morgan fingerprint density at radius 2 is 0.690 bits per heavy atom. The number of nitrogens with zero attached hydrogens (tertiary/aromatic N) is 2. The lowest BCUT2D eigenvalue weighted by molar-refractivity contribution is 1.10.